The van der Waals surface area contributed by atoms with E-state index in [0.29, 0.717) is 0 Å². The second-order valence-corrected chi connectivity index (χ2v) is 9.65. The lowest BCUT2D eigenvalue weighted by Crippen LogP contribution is -2.53. The van der Waals surface area contributed by atoms with E-state index in [1.54, 1.807) is 18.4 Å². The van der Waals surface area contributed by atoms with Gasteiger partial charge in [-0.1, -0.05) is 39.0 Å². The summed E-state index contributed by atoms with van der Waals surface area (Å²) in [5, 5.41) is 5.38. The molecule has 0 unspecified atom stereocenters. The number of carbonyl (C=O) groups is 1. The van der Waals surface area contributed by atoms with Crippen molar-refractivity contribution in [2.24, 2.45) is 5.41 Å². The summed E-state index contributed by atoms with van der Waals surface area (Å²) in [6, 6.07) is 12.7. The number of benzene rings is 1. The second-order valence-electron chi connectivity index (χ2n) is 8.67. The molecule has 0 spiro atoms. The predicted molar refractivity (Wildman–Crippen MR) is 121 cm³/mol. The van der Waals surface area contributed by atoms with Crippen LogP contribution in [0.5, 0.6) is 5.75 Å². The lowest BCUT2D eigenvalue weighted by molar-refractivity contribution is -0.129. The van der Waals surface area contributed by atoms with Crippen molar-refractivity contribution in [2.75, 3.05) is 38.2 Å². The van der Waals surface area contributed by atoms with E-state index < -0.39 is 5.41 Å². The third-order valence-corrected chi connectivity index (χ3v) is 6.42. The van der Waals surface area contributed by atoms with E-state index >= 15 is 0 Å². The minimum atomic E-state index is -0.392. The molecule has 5 nitrogen and oxygen atoms in total. The van der Waals surface area contributed by atoms with Crippen LogP contribution < -0.4 is 15.0 Å². The molecule has 2 atom stereocenters. The van der Waals surface area contributed by atoms with E-state index in [9.17, 15) is 4.79 Å². The smallest absolute Gasteiger partial charge is 0.225 e. The Balaban J connectivity index is 1.73. The molecule has 2 heterocycles. The lowest BCUT2D eigenvalue weighted by atomic mass is 9.94. The van der Waals surface area contributed by atoms with Crippen LogP contribution in [0.2, 0.25) is 0 Å². The van der Waals surface area contributed by atoms with Crippen molar-refractivity contribution in [3.63, 3.8) is 0 Å². The zero-order valence-corrected chi connectivity index (χ0v) is 19.0. The van der Waals surface area contributed by atoms with Gasteiger partial charge in [0.25, 0.3) is 0 Å². The van der Waals surface area contributed by atoms with E-state index in [4.69, 9.17) is 4.74 Å². The normalized spacial score (nSPS) is 17.6. The Morgan fingerprint density at radius 2 is 1.79 bits per heavy atom. The van der Waals surface area contributed by atoms with Crippen LogP contribution in [-0.2, 0) is 4.79 Å². The first-order valence-corrected chi connectivity index (χ1v) is 11.2. The average Bonchev–Trinajstić information content (AvgIpc) is 3.22. The molecule has 0 bridgehead atoms. The highest BCUT2D eigenvalue weighted by molar-refractivity contribution is 7.10. The Bertz CT molecular complexity index is 793. The van der Waals surface area contributed by atoms with E-state index in [-0.39, 0.29) is 18.0 Å². The fraction of sp³-hybridized carbons (Fsp3) is 0.522. The molecule has 0 radical (unpaired) electrons. The molecule has 1 aromatic heterocycles. The number of carbonyl (C=O) groups excluding carboxylic acids is 1. The maximum absolute atomic E-state index is 12.6. The molecule has 29 heavy (non-hydrogen) atoms. The van der Waals surface area contributed by atoms with Gasteiger partial charge in [0.15, 0.2) is 0 Å². The van der Waals surface area contributed by atoms with Crippen LogP contribution >= 0.6 is 11.3 Å². The highest BCUT2D eigenvalue weighted by Crippen LogP contribution is 2.33. The summed E-state index contributed by atoms with van der Waals surface area (Å²) in [4.78, 5) is 18.8. The summed E-state index contributed by atoms with van der Waals surface area (Å²) in [6.07, 6.45) is 0. The number of ether oxygens (including phenoxy) is 1. The Morgan fingerprint density at radius 3 is 2.38 bits per heavy atom. The summed E-state index contributed by atoms with van der Waals surface area (Å²) < 4.78 is 5.54. The molecule has 1 aromatic carbocycles. The molecule has 1 saturated heterocycles. The third kappa shape index (κ3) is 5.11. The van der Waals surface area contributed by atoms with Crippen LogP contribution in [0.3, 0.4) is 0 Å². The number of nitrogens with one attached hydrogen (secondary N) is 1. The molecule has 0 saturated carbocycles. The van der Waals surface area contributed by atoms with Crippen molar-refractivity contribution < 1.29 is 9.53 Å². The van der Waals surface area contributed by atoms with E-state index in [1.165, 1.54) is 4.88 Å². The van der Waals surface area contributed by atoms with Crippen molar-refractivity contribution in [3.8, 4) is 5.75 Å². The first kappa shape index (κ1) is 21.7. The van der Waals surface area contributed by atoms with Crippen molar-refractivity contribution >= 4 is 22.9 Å². The fourth-order valence-corrected chi connectivity index (χ4v) is 4.80. The van der Waals surface area contributed by atoms with Crippen LogP contribution in [0.15, 0.2) is 41.8 Å². The summed E-state index contributed by atoms with van der Waals surface area (Å²) in [5.41, 5.74) is 0.757. The number of hydrogen-bond acceptors (Lipinski definition) is 5. The standard InChI is InChI=1S/C23H33N3O2S/c1-17(24-22(27)23(2,3)4)21(20-11-8-16-29-20)26-14-12-25(13-15-26)18-9-6-7-10-19(18)28-5/h6-11,16-17,21H,12-15H2,1-5H3,(H,24,27)/t17-,21+/m1/s1. The maximum atomic E-state index is 12.6. The number of amides is 1. The topological polar surface area (TPSA) is 44.8 Å². The summed E-state index contributed by atoms with van der Waals surface area (Å²) in [5.74, 6) is 1.01. The third-order valence-electron chi connectivity index (χ3n) is 5.48. The molecule has 158 valence electrons. The Labute approximate surface area is 178 Å². The fourth-order valence-electron chi connectivity index (χ4n) is 3.84. The first-order chi connectivity index (χ1) is 13.8. The number of rotatable bonds is 6. The highest BCUT2D eigenvalue weighted by Gasteiger charge is 2.33. The van der Waals surface area contributed by atoms with Gasteiger partial charge >= 0.3 is 0 Å². The number of hydrogen-bond donors (Lipinski definition) is 1. The molecule has 1 fully saturated rings. The number of nitrogens with zero attached hydrogens (tertiary/aromatic N) is 2. The number of methoxy groups -OCH3 is 1. The number of para-hydroxylation sites is 2. The molecule has 1 amide bonds. The van der Waals surface area contributed by atoms with Gasteiger partial charge in [-0.15, -0.1) is 11.3 Å². The number of anilines is 1. The molecule has 2 aromatic rings. The molecule has 3 rings (SSSR count). The second kappa shape index (κ2) is 9.18. The van der Waals surface area contributed by atoms with Crippen molar-refractivity contribution in [2.45, 2.75) is 39.8 Å². The molecular formula is C23H33N3O2S. The van der Waals surface area contributed by atoms with E-state index in [1.807, 2.05) is 32.9 Å². The van der Waals surface area contributed by atoms with Gasteiger partial charge in [0.1, 0.15) is 5.75 Å². The molecule has 0 aliphatic carbocycles. The summed E-state index contributed by atoms with van der Waals surface area (Å²) >= 11 is 1.76. The molecular weight excluding hydrogens is 382 g/mol. The minimum absolute atomic E-state index is 0.0400. The molecule has 1 aliphatic heterocycles. The minimum Gasteiger partial charge on any atom is -0.495 e. The van der Waals surface area contributed by atoms with Gasteiger partial charge in [-0.25, -0.2) is 0 Å². The van der Waals surface area contributed by atoms with E-state index in [0.717, 1.165) is 37.6 Å². The van der Waals surface area contributed by atoms with Crippen LogP contribution in [-0.4, -0.2) is 50.1 Å². The van der Waals surface area contributed by atoms with Gasteiger partial charge in [0.05, 0.1) is 18.8 Å². The van der Waals surface area contributed by atoms with Crippen molar-refractivity contribution in [1.29, 1.82) is 0 Å². The van der Waals surface area contributed by atoms with Crippen LogP contribution in [0, 0.1) is 5.41 Å². The zero-order valence-electron chi connectivity index (χ0n) is 18.1. The number of piperazine rings is 1. The van der Waals surface area contributed by atoms with E-state index in [2.05, 4.69) is 51.7 Å². The first-order valence-electron chi connectivity index (χ1n) is 10.3. The van der Waals surface area contributed by atoms with Gasteiger partial charge in [-0.2, -0.15) is 0 Å². The zero-order chi connectivity index (χ0) is 21.0. The van der Waals surface area contributed by atoms with Crippen molar-refractivity contribution in [3.05, 3.63) is 46.7 Å². The average molecular weight is 416 g/mol. The van der Waals surface area contributed by atoms with Crippen LogP contribution in [0.1, 0.15) is 38.6 Å². The largest absolute Gasteiger partial charge is 0.495 e. The Morgan fingerprint density at radius 1 is 1.10 bits per heavy atom. The van der Waals surface area contributed by atoms with Gasteiger partial charge in [-0.3, -0.25) is 9.69 Å². The van der Waals surface area contributed by atoms with Crippen LogP contribution in [0.4, 0.5) is 5.69 Å². The lowest BCUT2D eigenvalue weighted by Gasteiger charge is -2.42. The SMILES string of the molecule is COc1ccccc1N1CCN([C@H](c2cccs2)[C@@H](C)NC(=O)C(C)(C)C)CC1. The highest BCUT2D eigenvalue weighted by atomic mass is 32.1. The Hall–Kier alpha value is -2.05. The van der Waals surface area contributed by atoms with Gasteiger partial charge < -0.3 is 15.0 Å². The van der Waals surface area contributed by atoms with Crippen LogP contribution in [0.25, 0.3) is 0 Å². The molecule has 1 aliphatic rings. The van der Waals surface area contributed by atoms with Gasteiger partial charge in [0, 0.05) is 42.5 Å². The Kier molecular flexibility index (Phi) is 6.85. The summed E-state index contributed by atoms with van der Waals surface area (Å²) in [7, 11) is 1.72. The predicted octanol–water partition coefficient (Wildman–Crippen LogP) is 4.17. The summed E-state index contributed by atoms with van der Waals surface area (Å²) in [6.45, 7) is 11.8. The number of thiophene rings is 1. The van der Waals surface area contributed by atoms with Gasteiger partial charge in [-0.05, 0) is 30.5 Å². The molecule has 6 heteroatoms. The maximum Gasteiger partial charge on any atom is 0.225 e. The monoisotopic (exact) mass is 415 g/mol. The molecule has 1 N–H and O–H groups in total. The van der Waals surface area contributed by atoms with Crippen molar-refractivity contribution in [1.82, 2.24) is 10.2 Å². The quantitative estimate of drug-likeness (QED) is 0.769. The van der Waals surface area contributed by atoms with Gasteiger partial charge in [0.2, 0.25) is 5.91 Å².